The maximum atomic E-state index is 12.1. The molecule has 0 aromatic carbocycles. The van der Waals surface area contributed by atoms with Crippen LogP contribution in [0.15, 0.2) is 11.6 Å². The summed E-state index contributed by atoms with van der Waals surface area (Å²) < 4.78 is 6.09. The minimum Gasteiger partial charge on any atom is -0.364 e. The maximum absolute atomic E-state index is 12.1. The number of carbonyl (C=O) groups excluding carboxylic acids is 1. The molecule has 0 bridgehead atoms. The number of hydrogen-bond acceptors (Lipinski definition) is 3. The molecule has 4 nitrogen and oxygen atoms in total. The van der Waals surface area contributed by atoms with E-state index in [4.69, 9.17) is 4.74 Å². The number of rotatable bonds is 0. The number of likely N-dealkylation sites (tertiary alicyclic amines) is 1. The SMILES string of the molecule is CC1=CC2(C)OC3CN(C)C(=O)C3C2NC1. The summed E-state index contributed by atoms with van der Waals surface area (Å²) in [6.45, 7) is 5.77. The topological polar surface area (TPSA) is 41.6 Å². The van der Waals surface area contributed by atoms with E-state index in [9.17, 15) is 4.79 Å². The summed E-state index contributed by atoms with van der Waals surface area (Å²) in [5.41, 5.74) is 0.994. The first kappa shape index (κ1) is 10.3. The average molecular weight is 222 g/mol. The van der Waals surface area contributed by atoms with Crippen LogP contribution in [-0.2, 0) is 9.53 Å². The number of likely N-dealkylation sites (N-methyl/N-ethyl adjacent to an activating group) is 1. The summed E-state index contributed by atoms with van der Waals surface area (Å²) in [4.78, 5) is 13.8. The number of fused-ring (bicyclic) bond motifs is 3. The average Bonchev–Trinajstić information content (AvgIpc) is 2.60. The molecule has 1 N–H and O–H groups in total. The lowest BCUT2D eigenvalue weighted by atomic mass is 9.84. The zero-order valence-electron chi connectivity index (χ0n) is 9.99. The normalized spacial score (nSPS) is 46.7. The molecule has 0 aromatic rings. The molecule has 0 aromatic heterocycles. The highest BCUT2D eigenvalue weighted by Gasteiger charge is 2.58. The maximum Gasteiger partial charge on any atom is 0.229 e. The fraction of sp³-hybridized carbons (Fsp3) is 0.750. The van der Waals surface area contributed by atoms with Gasteiger partial charge in [0.1, 0.15) is 5.60 Å². The van der Waals surface area contributed by atoms with Gasteiger partial charge >= 0.3 is 0 Å². The largest absolute Gasteiger partial charge is 0.364 e. The van der Waals surface area contributed by atoms with E-state index in [2.05, 4.69) is 25.2 Å². The van der Waals surface area contributed by atoms with E-state index in [-0.39, 0.29) is 29.6 Å². The van der Waals surface area contributed by atoms with Crippen molar-refractivity contribution in [1.82, 2.24) is 10.2 Å². The van der Waals surface area contributed by atoms with Gasteiger partial charge in [-0.25, -0.2) is 0 Å². The van der Waals surface area contributed by atoms with E-state index in [1.54, 1.807) is 4.90 Å². The van der Waals surface area contributed by atoms with Gasteiger partial charge in [-0.3, -0.25) is 4.79 Å². The summed E-state index contributed by atoms with van der Waals surface area (Å²) in [6.07, 6.45) is 2.24. The number of ether oxygens (including phenoxy) is 1. The minimum atomic E-state index is -0.297. The standard InChI is InChI=1S/C12H18N2O2/c1-7-4-12(2)10(13-5-7)9-8(16-12)6-14(3)11(9)15/h4,8-10,13H,5-6H2,1-3H3. The molecule has 0 aliphatic carbocycles. The Morgan fingerprint density at radius 2 is 2.38 bits per heavy atom. The summed E-state index contributed by atoms with van der Waals surface area (Å²) in [7, 11) is 1.85. The highest BCUT2D eigenvalue weighted by atomic mass is 16.5. The van der Waals surface area contributed by atoms with Gasteiger partial charge in [0.05, 0.1) is 18.1 Å². The van der Waals surface area contributed by atoms with Crippen molar-refractivity contribution in [2.24, 2.45) is 5.92 Å². The van der Waals surface area contributed by atoms with Crippen LogP contribution in [0.3, 0.4) is 0 Å². The number of nitrogens with one attached hydrogen (secondary N) is 1. The minimum absolute atomic E-state index is 0.000602. The number of hydrogen-bond donors (Lipinski definition) is 1. The Morgan fingerprint density at radius 3 is 3.12 bits per heavy atom. The Balaban J connectivity index is 1.96. The van der Waals surface area contributed by atoms with E-state index in [0.717, 1.165) is 13.1 Å². The molecule has 0 radical (unpaired) electrons. The van der Waals surface area contributed by atoms with Crippen LogP contribution in [0.4, 0.5) is 0 Å². The van der Waals surface area contributed by atoms with Crippen LogP contribution < -0.4 is 5.32 Å². The quantitative estimate of drug-likeness (QED) is 0.593. The lowest BCUT2D eigenvalue weighted by molar-refractivity contribution is -0.130. The Morgan fingerprint density at radius 1 is 1.62 bits per heavy atom. The molecule has 4 atom stereocenters. The van der Waals surface area contributed by atoms with E-state index in [1.807, 2.05) is 7.05 Å². The van der Waals surface area contributed by atoms with Crippen molar-refractivity contribution >= 4 is 5.91 Å². The van der Waals surface area contributed by atoms with Crippen LogP contribution in [-0.4, -0.2) is 48.7 Å². The zero-order chi connectivity index (χ0) is 11.5. The van der Waals surface area contributed by atoms with Crippen molar-refractivity contribution in [3.63, 3.8) is 0 Å². The summed E-state index contributed by atoms with van der Waals surface area (Å²) in [5.74, 6) is 0.221. The monoisotopic (exact) mass is 222 g/mol. The molecular formula is C12H18N2O2. The molecule has 3 aliphatic rings. The van der Waals surface area contributed by atoms with Gasteiger partial charge in [-0.15, -0.1) is 0 Å². The highest BCUT2D eigenvalue weighted by molar-refractivity contribution is 5.83. The van der Waals surface area contributed by atoms with Crippen LogP contribution >= 0.6 is 0 Å². The molecular weight excluding hydrogens is 204 g/mol. The summed E-state index contributed by atoms with van der Waals surface area (Å²) in [6, 6.07) is 0.138. The van der Waals surface area contributed by atoms with Crippen LogP contribution in [0.2, 0.25) is 0 Å². The van der Waals surface area contributed by atoms with Gasteiger partial charge in [-0.1, -0.05) is 11.6 Å². The van der Waals surface area contributed by atoms with Gasteiger partial charge in [-0.05, 0) is 13.8 Å². The van der Waals surface area contributed by atoms with Gasteiger partial charge in [0, 0.05) is 20.1 Å². The third-order valence-electron chi connectivity index (χ3n) is 4.03. The second kappa shape index (κ2) is 3.08. The van der Waals surface area contributed by atoms with Gasteiger partial charge in [0.2, 0.25) is 5.91 Å². The Hall–Kier alpha value is -0.870. The van der Waals surface area contributed by atoms with E-state index < -0.39 is 0 Å². The van der Waals surface area contributed by atoms with Crippen molar-refractivity contribution in [3.05, 3.63) is 11.6 Å². The second-order valence-electron chi connectivity index (χ2n) is 5.43. The first-order valence-electron chi connectivity index (χ1n) is 5.86. The van der Waals surface area contributed by atoms with Crippen molar-refractivity contribution in [2.75, 3.05) is 20.1 Å². The Kier molecular flexibility index (Phi) is 1.98. The predicted octanol–water partition coefficient (Wildman–Crippen LogP) is 0.150. The van der Waals surface area contributed by atoms with E-state index in [1.165, 1.54) is 5.57 Å². The van der Waals surface area contributed by atoms with Gasteiger partial charge in [-0.2, -0.15) is 0 Å². The fourth-order valence-electron chi connectivity index (χ4n) is 3.38. The smallest absolute Gasteiger partial charge is 0.229 e. The molecule has 4 heteroatoms. The van der Waals surface area contributed by atoms with Gasteiger partial charge in [0.25, 0.3) is 0 Å². The Bertz CT molecular complexity index is 379. The fourth-order valence-corrected chi connectivity index (χ4v) is 3.38. The van der Waals surface area contributed by atoms with Crippen molar-refractivity contribution in [2.45, 2.75) is 31.6 Å². The molecule has 3 rings (SSSR count). The lowest BCUT2D eigenvalue weighted by Crippen LogP contribution is -2.53. The van der Waals surface area contributed by atoms with Crippen LogP contribution in [0.25, 0.3) is 0 Å². The van der Waals surface area contributed by atoms with Crippen molar-refractivity contribution in [3.8, 4) is 0 Å². The Labute approximate surface area is 95.6 Å². The molecule has 2 fully saturated rings. The molecule has 2 saturated heterocycles. The van der Waals surface area contributed by atoms with Crippen LogP contribution in [0, 0.1) is 5.92 Å². The van der Waals surface area contributed by atoms with Gasteiger partial charge < -0.3 is 15.0 Å². The predicted molar refractivity (Wildman–Crippen MR) is 60.0 cm³/mol. The van der Waals surface area contributed by atoms with E-state index >= 15 is 0 Å². The molecule has 0 saturated carbocycles. The molecule has 16 heavy (non-hydrogen) atoms. The van der Waals surface area contributed by atoms with Crippen molar-refractivity contribution < 1.29 is 9.53 Å². The zero-order valence-corrected chi connectivity index (χ0v) is 9.99. The third kappa shape index (κ3) is 1.20. The number of carbonyl (C=O) groups is 1. The molecule has 3 aliphatic heterocycles. The number of nitrogens with zero attached hydrogens (tertiary/aromatic N) is 1. The van der Waals surface area contributed by atoms with E-state index in [0.29, 0.717) is 0 Å². The first-order valence-corrected chi connectivity index (χ1v) is 5.86. The first-order chi connectivity index (χ1) is 7.51. The lowest BCUT2D eigenvalue weighted by Gasteiger charge is -2.35. The molecule has 3 heterocycles. The summed E-state index contributed by atoms with van der Waals surface area (Å²) >= 11 is 0. The molecule has 1 amide bonds. The van der Waals surface area contributed by atoms with Crippen LogP contribution in [0.1, 0.15) is 13.8 Å². The second-order valence-corrected chi connectivity index (χ2v) is 5.43. The number of amides is 1. The third-order valence-corrected chi connectivity index (χ3v) is 4.03. The summed E-state index contributed by atoms with van der Waals surface area (Å²) in [5, 5.41) is 3.45. The molecule has 0 spiro atoms. The molecule has 4 unspecified atom stereocenters. The molecule has 88 valence electrons. The van der Waals surface area contributed by atoms with Crippen LogP contribution in [0.5, 0.6) is 0 Å². The van der Waals surface area contributed by atoms with Crippen molar-refractivity contribution in [1.29, 1.82) is 0 Å². The van der Waals surface area contributed by atoms with Gasteiger partial charge in [0.15, 0.2) is 0 Å². The highest BCUT2D eigenvalue weighted by Crippen LogP contribution is 2.42.